The molecular formula is C34H43N3O9. The van der Waals surface area contributed by atoms with Crippen LogP contribution in [-0.2, 0) is 28.5 Å². The van der Waals surface area contributed by atoms with E-state index in [0.29, 0.717) is 76.9 Å². The van der Waals surface area contributed by atoms with E-state index in [4.69, 9.17) is 33.5 Å². The summed E-state index contributed by atoms with van der Waals surface area (Å²) in [4.78, 5) is 31.1. The van der Waals surface area contributed by atoms with Crippen LogP contribution in [0.25, 0.3) is 0 Å². The van der Waals surface area contributed by atoms with Crippen LogP contribution in [-0.4, -0.2) is 99.8 Å². The molecule has 0 aromatic heterocycles. The van der Waals surface area contributed by atoms with E-state index in [1.165, 1.54) is 0 Å². The number of likely N-dealkylation sites (tertiary alicyclic amines) is 1. The number of carbonyl (C=O) groups excluding carboxylic acids is 2. The third-order valence-corrected chi connectivity index (χ3v) is 9.19. The number of anilines is 1. The highest BCUT2D eigenvalue weighted by atomic mass is 16.7. The van der Waals surface area contributed by atoms with Gasteiger partial charge in [-0.25, -0.2) is 0 Å². The van der Waals surface area contributed by atoms with Gasteiger partial charge in [0.1, 0.15) is 5.54 Å². The van der Waals surface area contributed by atoms with E-state index >= 15 is 0 Å². The molecule has 2 saturated heterocycles. The van der Waals surface area contributed by atoms with E-state index in [1.807, 2.05) is 61.5 Å². The molecule has 2 aromatic carbocycles. The first-order valence-electron chi connectivity index (χ1n) is 16.1. The number of hydrogen-bond donors (Lipinski definition) is 2. The minimum Gasteiger partial charge on any atom is -0.459 e. The summed E-state index contributed by atoms with van der Waals surface area (Å²) in [5, 5.41) is 11.9. The van der Waals surface area contributed by atoms with Crippen LogP contribution in [0.2, 0.25) is 0 Å². The topological polar surface area (TPSA) is 128 Å². The minimum absolute atomic E-state index is 0.000820. The Balaban J connectivity index is 1.20. The molecule has 0 radical (unpaired) electrons. The van der Waals surface area contributed by atoms with Crippen molar-refractivity contribution < 1.29 is 43.1 Å². The van der Waals surface area contributed by atoms with Crippen molar-refractivity contribution in [2.45, 2.75) is 43.9 Å². The SMILES string of the molecule is CCO[C@@H]1OC(C(=O)N2CCC3(CC2)C(=O)NCN3c2ccccc2)=C[C@H](c2ccc3c(c2)OCO3)[C@@H]1CCOCCOCCO. The maximum Gasteiger partial charge on any atom is 0.288 e. The average Bonchev–Trinajstić information content (AvgIpc) is 3.69. The summed E-state index contributed by atoms with van der Waals surface area (Å²) in [7, 11) is 0. The second-order valence-electron chi connectivity index (χ2n) is 11.8. The van der Waals surface area contributed by atoms with Crippen LogP contribution in [0.15, 0.2) is 60.4 Å². The zero-order valence-electron chi connectivity index (χ0n) is 26.2. The molecule has 4 aliphatic rings. The summed E-state index contributed by atoms with van der Waals surface area (Å²) in [6.07, 6.45) is 2.85. The van der Waals surface area contributed by atoms with Crippen molar-refractivity contribution in [1.29, 1.82) is 0 Å². The lowest BCUT2D eigenvalue weighted by Crippen LogP contribution is -2.57. The fraction of sp³-hybridized carbons (Fsp3) is 0.529. The second kappa shape index (κ2) is 14.7. The predicted octanol–water partition coefficient (Wildman–Crippen LogP) is 2.76. The zero-order chi connectivity index (χ0) is 31.9. The molecule has 1 spiro atoms. The van der Waals surface area contributed by atoms with Gasteiger partial charge in [0, 0.05) is 43.8 Å². The lowest BCUT2D eigenvalue weighted by molar-refractivity contribution is -0.172. The summed E-state index contributed by atoms with van der Waals surface area (Å²) in [5.41, 5.74) is 1.24. The summed E-state index contributed by atoms with van der Waals surface area (Å²) in [6.45, 7) is 5.23. The van der Waals surface area contributed by atoms with Crippen LogP contribution in [0, 0.1) is 5.92 Å². The molecule has 12 heteroatoms. The van der Waals surface area contributed by atoms with Crippen molar-refractivity contribution in [1.82, 2.24) is 10.2 Å². The number of carbonyl (C=O) groups is 2. The van der Waals surface area contributed by atoms with E-state index in [9.17, 15) is 9.59 Å². The van der Waals surface area contributed by atoms with E-state index in [0.717, 1.165) is 11.3 Å². The number of benzene rings is 2. The molecule has 46 heavy (non-hydrogen) atoms. The summed E-state index contributed by atoms with van der Waals surface area (Å²) in [6, 6.07) is 15.8. The van der Waals surface area contributed by atoms with Crippen LogP contribution in [0.5, 0.6) is 11.5 Å². The Labute approximate surface area is 269 Å². The Hall–Kier alpha value is -3.84. The summed E-state index contributed by atoms with van der Waals surface area (Å²) < 4.78 is 34.8. The number of aliphatic hydroxyl groups excluding tert-OH is 1. The molecule has 4 aliphatic heterocycles. The van der Waals surface area contributed by atoms with Gasteiger partial charge in [-0.15, -0.1) is 0 Å². The molecular weight excluding hydrogens is 594 g/mol. The van der Waals surface area contributed by atoms with Crippen LogP contribution >= 0.6 is 0 Å². The van der Waals surface area contributed by atoms with Gasteiger partial charge in [0.05, 0.1) is 33.1 Å². The van der Waals surface area contributed by atoms with Gasteiger partial charge in [-0.2, -0.15) is 0 Å². The molecule has 2 fully saturated rings. The monoisotopic (exact) mass is 637 g/mol. The molecule has 0 bridgehead atoms. The number of piperidine rings is 1. The standard InChI is InChI=1S/C34H43N3O9/c1-2-43-32-26(10-16-41-18-19-42-17-15-38)27(24-8-9-28-29(20-24)45-23-44-28)21-30(46-32)31(39)36-13-11-34(12-14-36)33(40)35-22-37(34)25-6-4-3-5-7-25/h3-9,20-21,26-27,32,38H,2,10-19,22-23H2,1H3,(H,35,40)/t26-,27+,32+/m0/s1. The Morgan fingerprint density at radius 2 is 1.78 bits per heavy atom. The van der Waals surface area contributed by atoms with Crippen LogP contribution < -0.4 is 19.7 Å². The molecule has 6 rings (SSSR count). The number of rotatable bonds is 13. The molecule has 12 nitrogen and oxygen atoms in total. The van der Waals surface area contributed by atoms with Gasteiger partial charge in [-0.1, -0.05) is 24.3 Å². The number of amides is 2. The van der Waals surface area contributed by atoms with Crippen LogP contribution in [0.1, 0.15) is 37.7 Å². The number of hydrogen-bond acceptors (Lipinski definition) is 10. The molecule has 2 N–H and O–H groups in total. The first-order valence-corrected chi connectivity index (χ1v) is 16.1. The molecule has 2 aromatic rings. The Bertz CT molecular complexity index is 1380. The molecule has 2 amide bonds. The number of allylic oxidation sites excluding steroid dienone is 1. The molecule has 4 heterocycles. The lowest BCUT2D eigenvalue weighted by Gasteiger charge is -2.44. The van der Waals surface area contributed by atoms with Crippen molar-refractivity contribution in [3.05, 3.63) is 65.9 Å². The molecule has 0 aliphatic carbocycles. The summed E-state index contributed by atoms with van der Waals surface area (Å²) >= 11 is 0. The number of aliphatic hydroxyl groups is 1. The maximum absolute atomic E-state index is 14.1. The van der Waals surface area contributed by atoms with Crippen LogP contribution in [0.4, 0.5) is 5.69 Å². The van der Waals surface area contributed by atoms with E-state index in [-0.39, 0.29) is 49.4 Å². The first kappa shape index (κ1) is 32.1. The Morgan fingerprint density at radius 3 is 2.54 bits per heavy atom. The van der Waals surface area contributed by atoms with Crippen LogP contribution in [0.3, 0.4) is 0 Å². The van der Waals surface area contributed by atoms with E-state index in [1.54, 1.807) is 4.90 Å². The molecule has 0 unspecified atom stereocenters. The van der Waals surface area contributed by atoms with E-state index < -0.39 is 11.8 Å². The summed E-state index contributed by atoms with van der Waals surface area (Å²) in [5.74, 6) is 0.991. The third-order valence-electron chi connectivity index (χ3n) is 9.19. The molecule has 248 valence electrons. The average molecular weight is 638 g/mol. The Kier molecular flexibility index (Phi) is 10.3. The van der Waals surface area contributed by atoms with Crippen molar-refractivity contribution in [3.8, 4) is 11.5 Å². The maximum atomic E-state index is 14.1. The number of nitrogens with one attached hydrogen (secondary N) is 1. The van der Waals surface area contributed by atoms with Gasteiger partial charge in [-0.3, -0.25) is 9.59 Å². The highest BCUT2D eigenvalue weighted by molar-refractivity contribution is 5.95. The normalized spacial score (nSPS) is 23.3. The van der Waals surface area contributed by atoms with Gasteiger partial charge in [-0.05, 0) is 62.1 Å². The van der Waals surface area contributed by atoms with Crippen molar-refractivity contribution >= 4 is 17.5 Å². The molecule has 3 atom stereocenters. The highest BCUT2D eigenvalue weighted by Crippen LogP contribution is 2.43. The quantitative estimate of drug-likeness (QED) is 0.317. The Morgan fingerprint density at radius 1 is 1.02 bits per heavy atom. The largest absolute Gasteiger partial charge is 0.459 e. The number of ether oxygens (including phenoxy) is 6. The zero-order valence-corrected chi connectivity index (χ0v) is 26.2. The van der Waals surface area contributed by atoms with E-state index in [2.05, 4.69) is 10.2 Å². The minimum atomic E-state index is -0.697. The van der Waals surface area contributed by atoms with Gasteiger partial charge in [0.25, 0.3) is 5.91 Å². The van der Waals surface area contributed by atoms with Crippen molar-refractivity contribution in [3.63, 3.8) is 0 Å². The lowest BCUT2D eigenvalue weighted by atomic mass is 9.81. The van der Waals surface area contributed by atoms with Gasteiger partial charge in [0.2, 0.25) is 19.0 Å². The smallest absolute Gasteiger partial charge is 0.288 e. The molecule has 0 saturated carbocycles. The number of nitrogens with zero attached hydrogens (tertiary/aromatic N) is 2. The van der Waals surface area contributed by atoms with Gasteiger partial charge < -0.3 is 48.6 Å². The first-order chi connectivity index (χ1) is 22.5. The predicted molar refractivity (Wildman–Crippen MR) is 167 cm³/mol. The number of fused-ring (bicyclic) bond motifs is 1. The fourth-order valence-corrected chi connectivity index (χ4v) is 6.81. The van der Waals surface area contributed by atoms with Gasteiger partial charge in [0.15, 0.2) is 17.3 Å². The fourth-order valence-electron chi connectivity index (χ4n) is 6.81. The third kappa shape index (κ3) is 6.66. The van der Waals surface area contributed by atoms with Gasteiger partial charge >= 0.3 is 0 Å². The second-order valence-corrected chi connectivity index (χ2v) is 11.8. The highest BCUT2D eigenvalue weighted by Gasteiger charge is 2.51. The van der Waals surface area contributed by atoms with Crippen molar-refractivity contribution in [2.75, 3.05) is 71.1 Å². The number of para-hydroxylation sites is 1. The van der Waals surface area contributed by atoms with Crippen molar-refractivity contribution in [2.24, 2.45) is 5.92 Å².